The number of ether oxygens (including phenoxy) is 1. The summed E-state index contributed by atoms with van der Waals surface area (Å²) in [5.41, 5.74) is -1.32. The van der Waals surface area contributed by atoms with Crippen molar-refractivity contribution >= 4 is 34.9 Å². The SMILES string of the molecule is C[C@@H]1CCC(=O)[C@@H]2CC[C@@]3(C)[C@H](CC(=O)[C@@H]4[C@@H]3CC(=O)[C@]3(C)[C@H](CC[C@@H]43)[C@H](C)CCC(=O)O[C@@H]3CC[C@@]4(C)[C@H](CC(=O)[C@@H]5[C@@H]4CC(=O)[C@]4(C)[C@@H]1CC[C@@H]54)C3)C2. The first-order valence-electron chi connectivity index (χ1n) is 22.9. The summed E-state index contributed by atoms with van der Waals surface area (Å²) < 4.78 is 6.20. The van der Waals surface area contributed by atoms with E-state index in [-0.39, 0.29) is 99.8 Å². The molecule has 302 valence electrons. The van der Waals surface area contributed by atoms with Gasteiger partial charge in [-0.15, -0.1) is 0 Å². The molecule has 0 aromatic carbocycles. The van der Waals surface area contributed by atoms with Crippen molar-refractivity contribution in [3.05, 3.63) is 0 Å². The minimum atomic E-state index is -0.548. The van der Waals surface area contributed by atoms with E-state index in [2.05, 4.69) is 41.5 Å². The summed E-state index contributed by atoms with van der Waals surface area (Å²) in [5, 5.41) is 0. The molecule has 0 unspecified atom stereocenters. The molecule has 0 aromatic heterocycles. The number of carbonyl (C=O) groups excluding carboxylic acids is 6. The summed E-state index contributed by atoms with van der Waals surface area (Å²) in [5.74, 6) is 2.36. The highest BCUT2D eigenvalue weighted by atomic mass is 16.5. The number of ketones is 5. The molecule has 18 atom stereocenters. The quantitative estimate of drug-likeness (QED) is 0.227. The highest BCUT2D eigenvalue weighted by Gasteiger charge is 2.68. The molecule has 55 heavy (non-hydrogen) atoms. The zero-order valence-corrected chi connectivity index (χ0v) is 34.7. The Labute approximate surface area is 329 Å². The summed E-state index contributed by atoms with van der Waals surface area (Å²) in [6.07, 6.45) is 12.4. The summed E-state index contributed by atoms with van der Waals surface area (Å²) in [6.45, 7) is 13.4. The van der Waals surface area contributed by atoms with Gasteiger partial charge < -0.3 is 4.74 Å². The Morgan fingerprint density at radius 1 is 0.491 bits per heavy atom. The highest BCUT2D eigenvalue weighted by molar-refractivity contribution is 5.93. The lowest BCUT2D eigenvalue weighted by Gasteiger charge is -2.59. The van der Waals surface area contributed by atoms with E-state index < -0.39 is 10.8 Å². The molecule has 0 amide bonds. The third-order valence-electron chi connectivity index (χ3n) is 20.5. The van der Waals surface area contributed by atoms with Crippen molar-refractivity contribution in [3.8, 4) is 0 Å². The first-order chi connectivity index (χ1) is 26.0. The molecule has 16 aliphatic rings. The second-order valence-corrected chi connectivity index (χ2v) is 22.3. The van der Waals surface area contributed by atoms with Crippen molar-refractivity contribution in [3.63, 3.8) is 0 Å². The summed E-state index contributed by atoms with van der Waals surface area (Å²) in [7, 11) is 0. The maximum absolute atomic E-state index is 14.5. The largest absolute Gasteiger partial charge is 0.462 e. The van der Waals surface area contributed by atoms with Crippen LogP contribution in [0.5, 0.6) is 0 Å². The normalized spacial score (nSPS) is 54.1. The van der Waals surface area contributed by atoms with Gasteiger partial charge in [0.05, 0.1) is 0 Å². The molecule has 8 aliphatic carbocycles. The van der Waals surface area contributed by atoms with Crippen molar-refractivity contribution in [2.24, 2.45) is 98.6 Å². The van der Waals surface area contributed by atoms with Crippen molar-refractivity contribution < 1.29 is 33.5 Å². The number of Topliss-reactive ketones (excluding diaryl/α,β-unsaturated/α-hetero) is 5. The Morgan fingerprint density at radius 3 is 1.51 bits per heavy atom. The van der Waals surface area contributed by atoms with Crippen LogP contribution < -0.4 is 0 Å². The summed E-state index contributed by atoms with van der Waals surface area (Å²) >= 11 is 0. The van der Waals surface area contributed by atoms with Crippen LogP contribution in [0.3, 0.4) is 0 Å². The number of rotatable bonds is 0. The van der Waals surface area contributed by atoms with Crippen LogP contribution in [0, 0.1) is 98.6 Å². The lowest BCUT2D eigenvalue weighted by Crippen LogP contribution is -2.60. The lowest BCUT2D eigenvalue weighted by molar-refractivity contribution is -0.173. The molecule has 7 nitrogen and oxygen atoms in total. The van der Waals surface area contributed by atoms with E-state index in [9.17, 15) is 28.8 Å². The van der Waals surface area contributed by atoms with Crippen molar-refractivity contribution in [2.75, 3.05) is 0 Å². The molecule has 7 heteroatoms. The average molecular weight is 757 g/mol. The average Bonchev–Trinajstić information content (AvgIpc) is 3.69. The Hall–Kier alpha value is -2.18. The number of hydrogen-bond donors (Lipinski definition) is 0. The summed E-state index contributed by atoms with van der Waals surface area (Å²) in [4.78, 5) is 85.1. The van der Waals surface area contributed by atoms with Gasteiger partial charge in [-0.1, -0.05) is 41.5 Å². The number of carbonyl (C=O) groups is 6. The predicted molar refractivity (Wildman–Crippen MR) is 207 cm³/mol. The minimum absolute atomic E-state index is 0.0437. The molecular weight excluding hydrogens is 689 g/mol. The fourth-order valence-corrected chi connectivity index (χ4v) is 17.1. The first-order valence-corrected chi connectivity index (χ1v) is 22.9. The van der Waals surface area contributed by atoms with Gasteiger partial charge in [0.25, 0.3) is 0 Å². The van der Waals surface area contributed by atoms with Gasteiger partial charge in [-0.05, 0) is 147 Å². The van der Waals surface area contributed by atoms with Crippen LogP contribution in [-0.4, -0.2) is 41.0 Å². The Balaban J connectivity index is 1.01. The molecular formula is C48H68O7. The maximum atomic E-state index is 14.5. The van der Waals surface area contributed by atoms with Gasteiger partial charge in [-0.2, -0.15) is 0 Å². The molecule has 0 radical (unpaired) electrons. The van der Waals surface area contributed by atoms with Gasteiger partial charge in [0.1, 0.15) is 35.0 Å². The fourth-order valence-electron chi connectivity index (χ4n) is 17.1. The standard InChI is InChI=1S/C48H68O7/c1-25-7-13-37(49)27-15-17-45(3)28(19-27)21-38(50)43-33-12-10-32(48(33,6)40(52)23-35(43)45)26(2)8-14-42(54)55-30-16-18-46(4)29(20-30)22-39(51)44-34-11-9-31(25)47(34,5)41(53)24-36(44)46/h25-36,43-44H,7-24H2,1-6H3/t25-,26-,27-,28+,29+,30-,31-,32-,33+,34+,35+,36+,43+,44+,45+,46+,47-,48-/m1/s1. The molecule has 8 saturated heterocycles. The Bertz CT molecular complexity index is 1680. The van der Waals surface area contributed by atoms with Crippen LogP contribution in [0.1, 0.15) is 157 Å². The molecule has 8 heterocycles. The van der Waals surface area contributed by atoms with Gasteiger partial charge >= 0.3 is 5.97 Å². The highest BCUT2D eigenvalue weighted by Crippen LogP contribution is 2.69. The van der Waals surface area contributed by atoms with E-state index in [0.717, 1.165) is 64.2 Å². The van der Waals surface area contributed by atoms with E-state index in [1.165, 1.54) is 0 Å². The Kier molecular flexibility index (Phi) is 9.18. The Morgan fingerprint density at radius 2 is 0.964 bits per heavy atom. The third kappa shape index (κ3) is 5.44. The second kappa shape index (κ2) is 13.2. The van der Waals surface area contributed by atoms with Gasteiger partial charge in [0.2, 0.25) is 0 Å². The van der Waals surface area contributed by atoms with Crippen molar-refractivity contribution in [2.45, 2.75) is 163 Å². The van der Waals surface area contributed by atoms with E-state index in [0.29, 0.717) is 80.3 Å². The van der Waals surface area contributed by atoms with Crippen molar-refractivity contribution in [1.29, 1.82) is 0 Å². The monoisotopic (exact) mass is 756 g/mol. The van der Waals surface area contributed by atoms with Crippen LogP contribution in [0.15, 0.2) is 0 Å². The fraction of sp³-hybridized carbons (Fsp3) is 0.875. The molecule has 8 aliphatic heterocycles. The van der Waals surface area contributed by atoms with E-state index >= 15 is 0 Å². The molecule has 0 aromatic rings. The van der Waals surface area contributed by atoms with Gasteiger partial charge in [-0.25, -0.2) is 0 Å². The van der Waals surface area contributed by atoms with Gasteiger partial charge in [0.15, 0.2) is 0 Å². The molecule has 16 rings (SSSR count). The zero-order valence-electron chi connectivity index (χ0n) is 34.7. The lowest BCUT2D eigenvalue weighted by atomic mass is 9.43. The van der Waals surface area contributed by atoms with Crippen LogP contribution in [0.25, 0.3) is 0 Å². The molecule has 0 spiro atoms. The van der Waals surface area contributed by atoms with Crippen LogP contribution in [-0.2, 0) is 33.5 Å². The molecule has 16 fully saturated rings. The van der Waals surface area contributed by atoms with Crippen LogP contribution in [0.2, 0.25) is 0 Å². The zero-order chi connectivity index (χ0) is 39.0. The third-order valence-corrected chi connectivity index (χ3v) is 20.5. The van der Waals surface area contributed by atoms with Crippen LogP contribution in [0.4, 0.5) is 0 Å². The van der Waals surface area contributed by atoms with E-state index in [1.54, 1.807) is 0 Å². The minimum Gasteiger partial charge on any atom is -0.462 e. The smallest absolute Gasteiger partial charge is 0.306 e. The van der Waals surface area contributed by atoms with Crippen LogP contribution >= 0.6 is 0 Å². The molecule has 0 N–H and O–H groups in total. The maximum Gasteiger partial charge on any atom is 0.306 e. The van der Waals surface area contributed by atoms with Crippen molar-refractivity contribution in [1.82, 2.24) is 0 Å². The van der Waals surface area contributed by atoms with Gasteiger partial charge in [-0.3, -0.25) is 28.8 Å². The first kappa shape index (κ1) is 38.3. The molecule has 8 saturated carbocycles. The predicted octanol–water partition coefficient (Wildman–Crippen LogP) is 8.96. The van der Waals surface area contributed by atoms with E-state index in [4.69, 9.17) is 4.74 Å². The number of hydrogen-bond acceptors (Lipinski definition) is 7. The van der Waals surface area contributed by atoms with Gasteiger partial charge in [0, 0.05) is 67.1 Å². The topological polar surface area (TPSA) is 112 Å². The number of esters is 1. The molecule has 16 bridgehead atoms. The summed E-state index contributed by atoms with van der Waals surface area (Å²) in [6, 6.07) is 0. The van der Waals surface area contributed by atoms with E-state index in [1.807, 2.05) is 0 Å². The second-order valence-electron chi connectivity index (χ2n) is 22.3.